The zero-order valence-electron chi connectivity index (χ0n) is 26.0. The van der Waals surface area contributed by atoms with E-state index >= 15 is 0 Å². The van der Waals surface area contributed by atoms with E-state index in [1.54, 1.807) is 13.8 Å². The first-order valence-electron chi connectivity index (χ1n) is 14.8. The summed E-state index contributed by atoms with van der Waals surface area (Å²) in [6.07, 6.45) is -0.320. The van der Waals surface area contributed by atoms with E-state index in [4.69, 9.17) is 28.4 Å². The molecule has 0 aliphatic heterocycles. The lowest BCUT2D eigenvalue weighted by atomic mass is 9.89. The molecule has 0 amide bonds. The van der Waals surface area contributed by atoms with Gasteiger partial charge in [0.05, 0.1) is 63.1 Å². The molecule has 6 unspecified atom stereocenters. The molecule has 232 valence electrons. The molecule has 2 rings (SSSR count). The molecule has 0 saturated carbocycles. The second-order valence-corrected chi connectivity index (χ2v) is 11.0. The Morgan fingerprint density at radius 1 is 0.488 bits per heavy atom. The quantitative estimate of drug-likeness (QED) is 0.205. The number of ether oxygens (including phenoxy) is 6. The first-order chi connectivity index (χ1) is 19.6. The third-order valence-electron chi connectivity index (χ3n) is 6.42. The lowest BCUT2D eigenvalue weighted by Crippen LogP contribution is -2.26. The largest absolute Gasteiger partial charge is 0.491 e. The van der Waals surface area contributed by atoms with Crippen molar-refractivity contribution in [2.75, 3.05) is 39.6 Å². The fourth-order valence-corrected chi connectivity index (χ4v) is 4.08. The average molecular weight is 577 g/mol. The molecule has 0 bridgehead atoms. The maximum absolute atomic E-state index is 9.32. The smallest absolute Gasteiger partial charge is 0.119 e. The van der Waals surface area contributed by atoms with Crippen LogP contribution < -0.4 is 9.47 Å². The molecule has 0 spiro atoms. The monoisotopic (exact) mass is 576 g/mol. The second-order valence-electron chi connectivity index (χ2n) is 11.0. The molecule has 0 aliphatic rings. The summed E-state index contributed by atoms with van der Waals surface area (Å²) in [5.74, 6) is 1.89. The van der Waals surface area contributed by atoms with Crippen molar-refractivity contribution in [1.29, 1.82) is 0 Å². The van der Waals surface area contributed by atoms with Crippen molar-refractivity contribution in [3.05, 3.63) is 59.7 Å². The number of hydrogen-bond acceptors (Lipinski definition) is 8. The predicted octanol–water partition coefficient (Wildman–Crippen LogP) is 5.37. The zero-order valence-corrected chi connectivity index (χ0v) is 26.0. The molecule has 0 heterocycles. The summed E-state index contributed by atoms with van der Waals surface area (Å²) in [6, 6.07) is 16.5. The summed E-state index contributed by atoms with van der Waals surface area (Å²) in [5.41, 5.74) is 2.46. The van der Waals surface area contributed by atoms with Crippen LogP contribution in [0.25, 0.3) is 0 Å². The van der Waals surface area contributed by atoms with Crippen LogP contribution in [0.3, 0.4) is 0 Å². The minimum absolute atomic E-state index is 0.0793. The summed E-state index contributed by atoms with van der Waals surface area (Å²) in [7, 11) is 0. The predicted molar refractivity (Wildman–Crippen MR) is 161 cm³/mol. The Morgan fingerprint density at radius 3 is 1.12 bits per heavy atom. The number of rotatable bonds is 21. The minimum Gasteiger partial charge on any atom is -0.491 e. The number of benzene rings is 2. The van der Waals surface area contributed by atoms with Crippen LogP contribution in [0.15, 0.2) is 48.5 Å². The Bertz CT molecular complexity index is 856. The van der Waals surface area contributed by atoms with Gasteiger partial charge < -0.3 is 38.6 Å². The third kappa shape index (κ3) is 14.5. The van der Waals surface area contributed by atoms with E-state index in [1.165, 1.54) is 11.1 Å². The highest BCUT2D eigenvalue weighted by Gasteiger charge is 2.14. The Kier molecular flexibility index (Phi) is 16.3. The maximum Gasteiger partial charge on any atom is 0.119 e. The lowest BCUT2D eigenvalue weighted by molar-refractivity contribution is -0.0600. The van der Waals surface area contributed by atoms with Crippen LogP contribution >= 0.6 is 0 Å². The van der Waals surface area contributed by atoms with E-state index in [9.17, 15) is 10.2 Å². The zero-order chi connectivity index (χ0) is 30.2. The summed E-state index contributed by atoms with van der Waals surface area (Å²) < 4.78 is 34.5. The molecule has 0 aromatic heterocycles. The molecular weight excluding hydrogens is 524 g/mol. The molecule has 6 atom stereocenters. The van der Waals surface area contributed by atoms with Crippen molar-refractivity contribution in [1.82, 2.24) is 0 Å². The second kappa shape index (κ2) is 19.1. The first kappa shape index (κ1) is 35.0. The molecule has 2 aromatic carbocycles. The van der Waals surface area contributed by atoms with Crippen molar-refractivity contribution >= 4 is 0 Å². The first-order valence-corrected chi connectivity index (χ1v) is 14.8. The third-order valence-corrected chi connectivity index (χ3v) is 6.42. The van der Waals surface area contributed by atoms with E-state index in [2.05, 4.69) is 31.2 Å². The molecule has 8 heteroatoms. The van der Waals surface area contributed by atoms with Gasteiger partial charge in [0.1, 0.15) is 24.7 Å². The lowest BCUT2D eigenvalue weighted by Gasteiger charge is -2.20. The SMILES string of the molecule is CCC(c1ccc(OCC(C)OCC(C)OCC(C)O)cc1)c1ccc(OCC(C)OCC(C)OCC(C)O)cc1. The molecule has 0 fully saturated rings. The standard InChI is InChI=1S/C33H52O8/c1-8-33(29-9-13-31(14-10-29)40-21-27(6)38-19-25(4)36-17-23(2)34)30-11-15-32(16-12-30)41-22-28(7)39-20-26(5)37-18-24(3)35/h9-16,23-28,33-35H,8,17-22H2,1-7H3. The highest BCUT2D eigenvalue weighted by Crippen LogP contribution is 2.30. The van der Waals surface area contributed by atoms with Crippen molar-refractivity contribution in [3.8, 4) is 11.5 Å². The topological polar surface area (TPSA) is 95.8 Å². The van der Waals surface area contributed by atoms with Gasteiger partial charge in [-0.15, -0.1) is 0 Å². The van der Waals surface area contributed by atoms with Gasteiger partial charge in [0.25, 0.3) is 0 Å². The molecule has 0 aliphatic carbocycles. The highest BCUT2D eigenvalue weighted by molar-refractivity contribution is 5.38. The van der Waals surface area contributed by atoms with E-state index in [0.717, 1.165) is 17.9 Å². The summed E-state index contributed by atoms with van der Waals surface area (Å²) in [4.78, 5) is 0. The number of aliphatic hydroxyl groups is 2. The van der Waals surface area contributed by atoms with Crippen LogP contribution in [0.2, 0.25) is 0 Å². The van der Waals surface area contributed by atoms with Crippen molar-refractivity contribution in [3.63, 3.8) is 0 Å². The van der Waals surface area contributed by atoms with E-state index in [0.29, 0.717) is 39.6 Å². The molecule has 8 nitrogen and oxygen atoms in total. The van der Waals surface area contributed by atoms with Gasteiger partial charge in [0.2, 0.25) is 0 Å². The van der Waals surface area contributed by atoms with Gasteiger partial charge in [-0.05, 0) is 83.4 Å². The summed E-state index contributed by atoms with van der Waals surface area (Å²) >= 11 is 0. The molecule has 0 radical (unpaired) electrons. The summed E-state index contributed by atoms with van der Waals surface area (Å²) in [5, 5.41) is 18.6. The van der Waals surface area contributed by atoms with Gasteiger partial charge in [-0.2, -0.15) is 0 Å². The molecule has 2 N–H and O–H groups in total. The molecule has 41 heavy (non-hydrogen) atoms. The minimum atomic E-state index is -0.481. The van der Waals surface area contributed by atoms with Gasteiger partial charge in [-0.1, -0.05) is 31.2 Å². The van der Waals surface area contributed by atoms with Gasteiger partial charge >= 0.3 is 0 Å². The normalized spacial score (nSPS) is 16.8. The Labute approximate surface area is 246 Å². The Hall–Kier alpha value is -2.20. The fourth-order valence-electron chi connectivity index (χ4n) is 4.08. The van der Waals surface area contributed by atoms with Crippen molar-refractivity contribution in [2.45, 2.75) is 97.4 Å². The van der Waals surface area contributed by atoms with Crippen LogP contribution in [-0.2, 0) is 18.9 Å². The Balaban J connectivity index is 1.78. The highest BCUT2D eigenvalue weighted by atomic mass is 16.6. The van der Waals surface area contributed by atoms with Crippen LogP contribution in [0, 0.1) is 0 Å². The Morgan fingerprint density at radius 2 is 0.805 bits per heavy atom. The molecular formula is C33H52O8. The van der Waals surface area contributed by atoms with Gasteiger partial charge in [0.15, 0.2) is 0 Å². The molecule has 2 aromatic rings. The summed E-state index contributed by atoms with van der Waals surface area (Å²) in [6.45, 7) is 15.8. The van der Waals surface area contributed by atoms with Gasteiger partial charge in [-0.25, -0.2) is 0 Å². The van der Waals surface area contributed by atoms with Gasteiger partial charge in [-0.3, -0.25) is 0 Å². The van der Waals surface area contributed by atoms with E-state index < -0.39 is 12.2 Å². The van der Waals surface area contributed by atoms with Crippen molar-refractivity contribution in [2.24, 2.45) is 0 Å². The van der Waals surface area contributed by atoms with Crippen LogP contribution in [-0.4, -0.2) is 86.5 Å². The maximum atomic E-state index is 9.32. The van der Waals surface area contributed by atoms with Crippen molar-refractivity contribution < 1.29 is 38.6 Å². The van der Waals surface area contributed by atoms with Gasteiger partial charge in [0, 0.05) is 5.92 Å². The van der Waals surface area contributed by atoms with E-state index in [-0.39, 0.29) is 30.3 Å². The average Bonchev–Trinajstić information content (AvgIpc) is 2.96. The van der Waals surface area contributed by atoms with Crippen LogP contribution in [0.4, 0.5) is 0 Å². The number of hydrogen-bond donors (Lipinski definition) is 2. The van der Waals surface area contributed by atoms with E-state index in [1.807, 2.05) is 52.0 Å². The number of aliphatic hydroxyl groups excluding tert-OH is 2. The van der Waals surface area contributed by atoms with Crippen LogP contribution in [0.1, 0.15) is 71.9 Å². The fraction of sp³-hybridized carbons (Fsp3) is 0.636. The molecule has 0 saturated heterocycles. The van der Waals surface area contributed by atoms with Crippen LogP contribution in [0.5, 0.6) is 11.5 Å².